The van der Waals surface area contributed by atoms with Crippen LogP contribution in [0.4, 0.5) is 5.69 Å². The van der Waals surface area contributed by atoms with E-state index in [4.69, 9.17) is 5.73 Å². The van der Waals surface area contributed by atoms with Crippen molar-refractivity contribution in [2.75, 3.05) is 11.9 Å². The number of hydrogen-bond acceptors (Lipinski definition) is 2. The standard InChI is InChI=1S/C13H22N2/c1-11-7-4-5-8-12(11)15-10-6-9-13(2,3)14/h4-5,7-8,15H,6,9-10,14H2,1-3H3. The Bertz CT molecular complexity index is 300. The number of benzene rings is 1. The van der Waals surface area contributed by atoms with Crippen molar-refractivity contribution in [2.45, 2.75) is 39.2 Å². The molecule has 1 aromatic carbocycles. The minimum atomic E-state index is -0.0482. The molecule has 0 heterocycles. The average Bonchev–Trinajstić information content (AvgIpc) is 2.13. The molecule has 1 aromatic rings. The topological polar surface area (TPSA) is 38.0 Å². The summed E-state index contributed by atoms with van der Waals surface area (Å²) in [6.45, 7) is 7.25. The summed E-state index contributed by atoms with van der Waals surface area (Å²) < 4.78 is 0. The fourth-order valence-electron chi connectivity index (χ4n) is 1.54. The Morgan fingerprint density at radius 1 is 1.27 bits per heavy atom. The average molecular weight is 206 g/mol. The molecule has 2 nitrogen and oxygen atoms in total. The third-order valence-electron chi connectivity index (χ3n) is 2.46. The van der Waals surface area contributed by atoms with Crippen molar-refractivity contribution in [1.29, 1.82) is 0 Å². The molecule has 0 bridgehead atoms. The molecule has 0 atom stereocenters. The van der Waals surface area contributed by atoms with E-state index < -0.39 is 0 Å². The summed E-state index contributed by atoms with van der Waals surface area (Å²) in [5.74, 6) is 0. The van der Waals surface area contributed by atoms with Crippen LogP contribution >= 0.6 is 0 Å². The van der Waals surface area contributed by atoms with Gasteiger partial charge in [-0.05, 0) is 45.2 Å². The van der Waals surface area contributed by atoms with Gasteiger partial charge >= 0.3 is 0 Å². The third kappa shape index (κ3) is 4.84. The maximum absolute atomic E-state index is 5.92. The largest absolute Gasteiger partial charge is 0.385 e. The number of hydrogen-bond donors (Lipinski definition) is 2. The second-order valence-corrected chi connectivity index (χ2v) is 4.83. The van der Waals surface area contributed by atoms with Gasteiger partial charge in [-0.25, -0.2) is 0 Å². The lowest BCUT2D eigenvalue weighted by atomic mass is 10.0. The summed E-state index contributed by atoms with van der Waals surface area (Å²) in [5.41, 5.74) is 8.39. The fourth-order valence-corrected chi connectivity index (χ4v) is 1.54. The smallest absolute Gasteiger partial charge is 0.0369 e. The minimum absolute atomic E-state index is 0.0482. The number of aryl methyl sites for hydroxylation is 1. The molecule has 0 saturated heterocycles. The van der Waals surface area contributed by atoms with Gasteiger partial charge in [0.2, 0.25) is 0 Å². The quantitative estimate of drug-likeness (QED) is 0.727. The number of rotatable bonds is 5. The van der Waals surface area contributed by atoms with Gasteiger partial charge < -0.3 is 11.1 Å². The van der Waals surface area contributed by atoms with Crippen molar-refractivity contribution >= 4 is 5.69 Å². The maximum atomic E-state index is 5.92. The fraction of sp³-hybridized carbons (Fsp3) is 0.538. The van der Waals surface area contributed by atoms with Crippen LogP contribution in [0.3, 0.4) is 0 Å². The van der Waals surface area contributed by atoms with Gasteiger partial charge in [-0.1, -0.05) is 18.2 Å². The molecule has 0 amide bonds. The summed E-state index contributed by atoms with van der Waals surface area (Å²) in [4.78, 5) is 0. The van der Waals surface area contributed by atoms with Crippen LogP contribution in [0.2, 0.25) is 0 Å². The molecule has 15 heavy (non-hydrogen) atoms. The Balaban J connectivity index is 2.30. The van der Waals surface area contributed by atoms with E-state index >= 15 is 0 Å². The molecule has 0 aromatic heterocycles. The molecule has 0 saturated carbocycles. The molecule has 0 spiro atoms. The minimum Gasteiger partial charge on any atom is -0.385 e. The van der Waals surface area contributed by atoms with Crippen molar-refractivity contribution in [1.82, 2.24) is 0 Å². The highest BCUT2D eigenvalue weighted by atomic mass is 14.9. The molecule has 0 aliphatic carbocycles. The Morgan fingerprint density at radius 3 is 2.53 bits per heavy atom. The van der Waals surface area contributed by atoms with E-state index in [-0.39, 0.29) is 5.54 Å². The van der Waals surface area contributed by atoms with Crippen molar-refractivity contribution < 1.29 is 0 Å². The van der Waals surface area contributed by atoms with E-state index in [1.54, 1.807) is 0 Å². The van der Waals surface area contributed by atoms with Gasteiger partial charge in [0.1, 0.15) is 0 Å². The van der Waals surface area contributed by atoms with Gasteiger partial charge in [-0.2, -0.15) is 0 Å². The zero-order valence-electron chi connectivity index (χ0n) is 10.0. The Hall–Kier alpha value is -1.02. The highest BCUT2D eigenvalue weighted by Gasteiger charge is 2.09. The predicted molar refractivity (Wildman–Crippen MR) is 67.2 cm³/mol. The molecule has 0 aliphatic heterocycles. The second-order valence-electron chi connectivity index (χ2n) is 4.83. The maximum Gasteiger partial charge on any atom is 0.0369 e. The lowest BCUT2D eigenvalue weighted by Crippen LogP contribution is -2.32. The van der Waals surface area contributed by atoms with Gasteiger partial charge in [0, 0.05) is 17.8 Å². The molecular weight excluding hydrogens is 184 g/mol. The van der Waals surface area contributed by atoms with Gasteiger partial charge in [-0.3, -0.25) is 0 Å². The molecule has 3 N–H and O–H groups in total. The van der Waals surface area contributed by atoms with Crippen LogP contribution in [0.1, 0.15) is 32.3 Å². The highest BCUT2D eigenvalue weighted by molar-refractivity contribution is 5.50. The summed E-state index contributed by atoms with van der Waals surface area (Å²) in [5, 5.41) is 3.43. The van der Waals surface area contributed by atoms with Gasteiger partial charge in [-0.15, -0.1) is 0 Å². The normalized spacial score (nSPS) is 11.5. The zero-order chi connectivity index (χ0) is 11.3. The first-order chi connectivity index (χ1) is 6.99. The van der Waals surface area contributed by atoms with Crippen molar-refractivity contribution in [3.8, 4) is 0 Å². The summed E-state index contributed by atoms with van der Waals surface area (Å²) >= 11 is 0. The number of nitrogens with two attached hydrogens (primary N) is 1. The van der Waals surface area contributed by atoms with Crippen LogP contribution in [-0.2, 0) is 0 Å². The SMILES string of the molecule is Cc1ccccc1NCCCC(C)(C)N. The second kappa shape index (κ2) is 5.17. The van der Waals surface area contributed by atoms with E-state index in [2.05, 4.69) is 50.4 Å². The molecule has 0 fully saturated rings. The monoisotopic (exact) mass is 206 g/mol. The van der Waals surface area contributed by atoms with Crippen LogP contribution in [0.5, 0.6) is 0 Å². The molecule has 84 valence electrons. The van der Waals surface area contributed by atoms with Crippen molar-refractivity contribution in [2.24, 2.45) is 5.73 Å². The third-order valence-corrected chi connectivity index (χ3v) is 2.46. The molecule has 0 unspecified atom stereocenters. The number of para-hydroxylation sites is 1. The summed E-state index contributed by atoms with van der Waals surface area (Å²) in [6.07, 6.45) is 2.16. The van der Waals surface area contributed by atoms with Crippen LogP contribution in [0, 0.1) is 6.92 Å². The van der Waals surface area contributed by atoms with E-state index in [9.17, 15) is 0 Å². The van der Waals surface area contributed by atoms with E-state index in [0.717, 1.165) is 19.4 Å². The molecule has 0 radical (unpaired) electrons. The number of nitrogens with one attached hydrogen (secondary N) is 1. The first-order valence-electron chi connectivity index (χ1n) is 5.57. The zero-order valence-corrected chi connectivity index (χ0v) is 10.0. The van der Waals surface area contributed by atoms with Crippen LogP contribution in [-0.4, -0.2) is 12.1 Å². The highest BCUT2D eigenvalue weighted by Crippen LogP contribution is 2.14. The van der Waals surface area contributed by atoms with Crippen LogP contribution in [0.15, 0.2) is 24.3 Å². The van der Waals surface area contributed by atoms with E-state index in [1.165, 1.54) is 11.3 Å². The Labute approximate surface area is 92.9 Å². The summed E-state index contributed by atoms with van der Waals surface area (Å²) in [6, 6.07) is 8.35. The lowest BCUT2D eigenvalue weighted by molar-refractivity contribution is 0.465. The van der Waals surface area contributed by atoms with Gasteiger partial charge in [0.05, 0.1) is 0 Å². The molecule has 1 rings (SSSR count). The predicted octanol–water partition coefficient (Wildman–Crippen LogP) is 2.92. The number of anilines is 1. The lowest BCUT2D eigenvalue weighted by Gasteiger charge is -2.18. The molecule has 0 aliphatic rings. The van der Waals surface area contributed by atoms with Crippen molar-refractivity contribution in [3.05, 3.63) is 29.8 Å². The van der Waals surface area contributed by atoms with Gasteiger partial charge in [0.25, 0.3) is 0 Å². The Kier molecular flexibility index (Phi) is 4.15. The van der Waals surface area contributed by atoms with Gasteiger partial charge in [0.15, 0.2) is 0 Å². The molecular formula is C13H22N2. The van der Waals surface area contributed by atoms with Crippen LogP contribution < -0.4 is 11.1 Å². The van der Waals surface area contributed by atoms with E-state index in [1.807, 2.05) is 0 Å². The Morgan fingerprint density at radius 2 is 1.93 bits per heavy atom. The molecule has 2 heteroatoms. The first-order valence-corrected chi connectivity index (χ1v) is 5.57. The van der Waals surface area contributed by atoms with E-state index in [0.29, 0.717) is 0 Å². The van der Waals surface area contributed by atoms with Crippen molar-refractivity contribution in [3.63, 3.8) is 0 Å². The first kappa shape index (κ1) is 12.1. The summed E-state index contributed by atoms with van der Waals surface area (Å²) in [7, 11) is 0. The van der Waals surface area contributed by atoms with Crippen LogP contribution in [0.25, 0.3) is 0 Å².